The fourth-order valence-electron chi connectivity index (χ4n) is 3.82. The van der Waals surface area contributed by atoms with Gasteiger partial charge in [-0.15, -0.1) is 22.7 Å². The lowest BCUT2D eigenvalue weighted by Crippen LogP contribution is -2.36. The predicted molar refractivity (Wildman–Crippen MR) is 146 cm³/mol. The Bertz CT molecular complexity index is 1210. The molecule has 4 rings (SSSR count). The highest BCUT2D eigenvalue weighted by atomic mass is 79.9. The molecule has 2 aromatic heterocycles. The van der Waals surface area contributed by atoms with Crippen LogP contribution in [0.1, 0.15) is 44.7 Å². The van der Waals surface area contributed by atoms with Gasteiger partial charge in [0.1, 0.15) is 12.3 Å². The summed E-state index contributed by atoms with van der Waals surface area (Å²) in [5, 5.41) is 12.6. The van der Waals surface area contributed by atoms with E-state index >= 15 is 0 Å². The molecule has 0 atom stereocenters. The molecule has 1 N–H and O–H groups in total. The Balaban J connectivity index is 1.32. The molecule has 3 heterocycles. The zero-order chi connectivity index (χ0) is 24.8. The molecule has 6 nitrogen and oxygen atoms in total. The Hall–Kier alpha value is -2.17. The van der Waals surface area contributed by atoms with Gasteiger partial charge in [0.25, 0.3) is 0 Å². The molecule has 0 unspecified atom stereocenters. The molecule has 1 aliphatic rings. The molecule has 0 radical (unpaired) electrons. The van der Waals surface area contributed by atoms with Gasteiger partial charge >= 0.3 is 0 Å². The first kappa shape index (κ1) is 25.9. The van der Waals surface area contributed by atoms with Crippen LogP contribution in [-0.2, 0) is 4.74 Å². The second kappa shape index (κ2) is 12.2. The van der Waals surface area contributed by atoms with Crippen LogP contribution in [0.3, 0.4) is 0 Å². The predicted octanol–water partition coefficient (Wildman–Crippen LogP) is 5.93. The third-order valence-corrected chi connectivity index (χ3v) is 8.57. The molecule has 1 fully saturated rings. The zero-order valence-corrected chi connectivity index (χ0v) is 22.7. The maximum atomic E-state index is 12.7. The fourth-order valence-corrected chi connectivity index (χ4v) is 6.00. The van der Waals surface area contributed by atoms with E-state index < -0.39 is 0 Å². The van der Waals surface area contributed by atoms with E-state index in [1.807, 2.05) is 29.6 Å². The zero-order valence-electron chi connectivity index (χ0n) is 19.5. The summed E-state index contributed by atoms with van der Waals surface area (Å²) in [7, 11) is 0. The number of hydrogen-bond acceptors (Lipinski definition) is 8. The topological polar surface area (TPSA) is 79.2 Å². The van der Waals surface area contributed by atoms with Crippen molar-refractivity contribution in [1.29, 1.82) is 0 Å². The van der Waals surface area contributed by atoms with Gasteiger partial charge < -0.3 is 9.84 Å². The van der Waals surface area contributed by atoms with E-state index in [4.69, 9.17) is 4.74 Å². The van der Waals surface area contributed by atoms with Crippen molar-refractivity contribution in [2.45, 2.75) is 19.8 Å². The highest BCUT2D eigenvalue weighted by molar-refractivity contribution is 9.10. The fraction of sp³-hybridized carbons (Fsp3) is 0.346. The first-order valence-electron chi connectivity index (χ1n) is 11.5. The van der Waals surface area contributed by atoms with Crippen LogP contribution in [0.2, 0.25) is 0 Å². The van der Waals surface area contributed by atoms with Gasteiger partial charge in [-0.3, -0.25) is 19.5 Å². The Morgan fingerprint density at radius 1 is 1.09 bits per heavy atom. The van der Waals surface area contributed by atoms with Crippen LogP contribution >= 0.6 is 38.6 Å². The molecule has 1 aliphatic heterocycles. The first-order chi connectivity index (χ1) is 16.9. The number of ether oxygens (including phenoxy) is 1. The summed E-state index contributed by atoms with van der Waals surface area (Å²) in [5.74, 6) is 0.113. The number of hydrogen-bond donors (Lipinski definition) is 1. The standard InChI is InChI=1S/C26H27BrN2O4S2/c1-17(20-16-34-26(25(20)32)18-4-6-19(27)7-5-18)28-15-22(31)24-9-8-23(35-24)21(30)3-2-10-29-11-13-33-14-12-29/h4-9,16,32H,2-3,10-15H2,1H3. The number of nitrogens with zero attached hydrogens (tertiary/aromatic N) is 2. The normalized spacial score (nSPS) is 14.9. The molecule has 0 saturated carbocycles. The van der Waals surface area contributed by atoms with E-state index in [1.165, 1.54) is 22.7 Å². The second-order valence-corrected chi connectivity index (χ2v) is 11.2. The molecule has 0 spiro atoms. The van der Waals surface area contributed by atoms with E-state index in [1.54, 1.807) is 19.1 Å². The number of benzene rings is 1. The number of Topliss-reactive ketones (excluding diaryl/α,β-unsaturated/α-hetero) is 2. The highest BCUT2D eigenvalue weighted by Gasteiger charge is 2.17. The largest absolute Gasteiger partial charge is 0.506 e. The van der Waals surface area contributed by atoms with Crippen molar-refractivity contribution in [2.75, 3.05) is 39.4 Å². The first-order valence-corrected chi connectivity index (χ1v) is 14.0. The average Bonchev–Trinajstić information content (AvgIpc) is 3.51. The van der Waals surface area contributed by atoms with Gasteiger partial charge in [-0.1, -0.05) is 28.1 Å². The lowest BCUT2D eigenvalue weighted by atomic mass is 10.1. The van der Waals surface area contributed by atoms with Crippen LogP contribution in [0.15, 0.2) is 51.2 Å². The number of thiophene rings is 2. The maximum absolute atomic E-state index is 12.7. The average molecular weight is 576 g/mol. The summed E-state index contributed by atoms with van der Waals surface area (Å²) < 4.78 is 6.32. The Morgan fingerprint density at radius 2 is 1.77 bits per heavy atom. The van der Waals surface area contributed by atoms with E-state index in [0.29, 0.717) is 27.5 Å². The number of aliphatic imine (C=N–C) groups is 1. The van der Waals surface area contributed by atoms with Crippen molar-refractivity contribution in [1.82, 2.24) is 4.90 Å². The van der Waals surface area contributed by atoms with Gasteiger partial charge in [0.2, 0.25) is 0 Å². The van der Waals surface area contributed by atoms with Crippen molar-refractivity contribution in [3.05, 3.63) is 61.6 Å². The summed E-state index contributed by atoms with van der Waals surface area (Å²) >= 11 is 6.10. The molecular weight excluding hydrogens is 548 g/mol. The summed E-state index contributed by atoms with van der Waals surface area (Å²) in [6.45, 7) is 5.99. The molecule has 0 bridgehead atoms. The molecule has 35 heavy (non-hydrogen) atoms. The van der Waals surface area contributed by atoms with Crippen LogP contribution in [0, 0.1) is 0 Å². The quantitative estimate of drug-likeness (QED) is 0.240. The molecule has 184 valence electrons. The number of halogens is 1. The number of carbonyl (C=O) groups excluding carboxylic acids is 2. The number of morpholine rings is 1. The van der Waals surface area contributed by atoms with Crippen LogP contribution in [0.5, 0.6) is 5.75 Å². The van der Waals surface area contributed by atoms with Crippen LogP contribution in [0.25, 0.3) is 10.4 Å². The minimum absolute atomic E-state index is 0.0279. The van der Waals surface area contributed by atoms with Gasteiger partial charge in [-0.05, 0) is 49.7 Å². The third kappa shape index (κ3) is 6.74. The Labute approximate surface area is 221 Å². The van der Waals surface area contributed by atoms with Gasteiger partial charge in [-0.25, -0.2) is 0 Å². The highest BCUT2D eigenvalue weighted by Crippen LogP contribution is 2.39. The lowest BCUT2D eigenvalue weighted by Gasteiger charge is -2.26. The van der Waals surface area contributed by atoms with Crippen LogP contribution in [-0.4, -0.2) is 66.7 Å². The molecule has 1 saturated heterocycles. The monoisotopic (exact) mass is 574 g/mol. The summed E-state index contributed by atoms with van der Waals surface area (Å²) in [6.07, 6.45) is 1.27. The SMILES string of the molecule is CC(=NCC(=O)c1ccc(C(=O)CCCN2CCOCC2)s1)c1csc(-c2ccc(Br)cc2)c1O. The van der Waals surface area contributed by atoms with Gasteiger partial charge in [0.15, 0.2) is 11.6 Å². The number of carbonyl (C=O) groups is 2. The van der Waals surface area contributed by atoms with Crippen molar-refractivity contribution in [3.8, 4) is 16.2 Å². The number of ketones is 2. The maximum Gasteiger partial charge on any atom is 0.194 e. The van der Waals surface area contributed by atoms with Crippen molar-refractivity contribution in [3.63, 3.8) is 0 Å². The van der Waals surface area contributed by atoms with Crippen molar-refractivity contribution in [2.24, 2.45) is 4.99 Å². The minimum Gasteiger partial charge on any atom is -0.506 e. The van der Waals surface area contributed by atoms with Gasteiger partial charge in [0, 0.05) is 40.6 Å². The molecule has 0 aliphatic carbocycles. The van der Waals surface area contributed by atoms with Crippen LogP contribution in [0.4, 0.5) is 0 Å². The van der Waals surface area contributed by atoms with Crippen molar-refractivity contribution < 1.29 is 19.4 Å². The van der Waals surface area contributed by atoms with E-state index in [0.717, 1.165) is 54.2 Å². The molecule has 1 aromatic carbocycles. The van der Waals surface area contributed by atoms with E-state index in [2.05, 4.69) is 25.8 Å². The number of rotatable bonds is 10. The Morgan fingerprint density at radius 3 is 2.49 bits per heavy atom. The molecule has 9 heteroatoms. The third-order valence-electron chi connectivity index (χ3n) is 5.86. The smallest absolute Gasteiger partial charge is 0.194 e. The van der Waals surface area contributed by atoms with Gasteiger partial charge in [0.05, 0.1) is 27.8 Å². The number of aromatic hydroxyl groups is 1. The van der Waals surface area contributed by atoms with Gasteiger partial charge in [-0.2, -0.15) is 0 Å². The van der Waals surface area contributed by atoms with E-state index in [-0.39, 0.29) is 23.9 Å². The lowest BCUT2D eigenvalue weighted by molar-refractivity contribution is 0.0371. The van der Waals surface area contributed by atoms with E-state index in [9.17, 15) is 14.7 Å². The van der Waals surface area contributed by atoms with Crippen molar-refractivity contribution >= 4 is 55.9 Å². The molecule has 3 aromatic rings. The Kier molecular flexibility index (Phi) is 9.02. The summed E-state index contributed by atoms with van der Waals surface area (Å²) in [6, 6.07) is 11.2. The molecular formula is C26H27BrN2O4S2. The summed E-state index contributed by atoms with van der Waals surface area (Å²) in [4.78, 5) is 33.9. The summed E-state index contributed by atoms with van der Waals surface area (Å²) in [5.41, 5.74) is 2.15. The van der Waals surface area contributed by atoms with Crippen LogP contribution < -0.4 is 0 Å². The second-order valence-electron chi connectivity index (χ2n) is 8.30. The minimum atomic E-state index is -0.135. The molecule has 0 amide bonds.